The molecule has 1 atom stereocenters. The lowest BCUT2D eigenvalue weighted by Crippen LogP contribution is -2.16. The third-order valence-electron chi connectivity index (χ3n) is 2.80. The van der Waals surface area contributed by atoms with E-state index in [1.165, 1.54) is 0 Å². The van der Waals surface area contributed by atoms with Crippen molar-refractivity contribution in [1.29, 1.82) is 0 Å². The Labute approximate surface area is 113 Å². The van der Waals surface area contributed by atoms with Gasteiger partial charge in [0, 0.05) is 5.56 Å². The normalized spacial score (nSPS) is 11.9. The molecular weight excluding hydrogens is 250 g/mol. The van der Waals surface area contributed by atoms with Crippen LogP contribution in [0.25, 0.3) is 10.8 Å². The van der Waals surface area contributed by atoms with Crippen LogP contribution in [0, 0.1) is 0 Å². The highest BCUT2D eigenvalue weighted by Gasteiger charge is 2.14. The molecule has 3 nitrogen and oxygen atoms in total. The second kappa shape index (κ2) is 6.59. The zero-order valence-electron chi connectivity index (χ0n) is 10.3. The summed E-state index contributed by atoms with van der Waals surface area (Å²) < 4.78 is 5.58. The van der Waals surface area contributed by atoms with E-state index < -0.39 is 6.04 Å². The Kier molecular flexibility index (Phi) is 5.41. The molecule has 3 N–H and O–H groups in total. The van der Waals surface area contributed by atoms with Crippen LogP contribution in [-0.2, 0) is 0 Å². The van der Waals surface area contributed by atoms with Crippen LogP contribution in [0.15, 0.2) is 36.4 Å². The molecule has 0 radical (unpaired) electrons. The van der Waals surface area contributed by atoms with E-state index in [2.05, 4.69) is 0 Å². The first-order valence-corrected chi connectivity index (χ1v) is 5.78. The highest BCUT2D eigenvalue weighted by molar-refractivity contribution is 5.88. The van der Waals surface area contributed by atoms with E-state index in [0.717, 1.165) is 22.1 Å². The van der Waals surface area contributed by atoms with E-state index in [9.17, 15) is 5.11 Å². The van der Waals surface area contributed by atoms with Crippen LogP contribution in [0.5, 0.6) is 5.75 Å². The van der Waals surface area contributed by atoms with Gasteiger partial charge >= 0.3 is 0 Å². The molecule has 0 aliphatic rings. The van der Waals surface area contributed by atoms with Crippen molar-refractivity contribution in [3.05, 3.63) is 42.0 Å². The number of rotatable bonds is 4. The molecule has 0 aromatic heterocycles. The van der Waals surface area contributed by atoms with Crippen LogP contribution in [0.2, 0.25) is 0 Å². The van der Waals surface area contributed by atoms with Gasteiger partial charge < -0.3 is 15.6 Å². The molecule has 2 rings (SSSR count). The number of aliphatic hydroxyl groups is 1. The monoisotopic (exact) mass is 267 g/mol. The highest BCUT2D eigenvalue weighted by Crippen LogP contribution is 2.32. The Morgan fingerprint density at radius 1 is 1.22 bits per heavy atom. The van der Waals surface area contributed by atoms with E-state index in [-0.39, 0.29) is 19.0 Å². The zero-order valence-corrected chi connectivity index (χ0v) is 11.1. The quantitative estimate of drug-likeness (QED) is 0.895. The fourth-order valence-electron chi connectivity index (χ4n) is 2.03. The number of benzene rings is 2. The molecule has 0 fully saturated rings. The van der Waals surface area contributed by atoms with Crippen LogP contribution >= 0.6 is 12.4 Å². The molecule has 0 aliphatic carbocycles. The van der Waals surface area contributed by atoms with Crippen molar-refractivity contribution >= 4 is 23.2 Å². The molecule has 0 spiro atoms. The van der Waals surface area contributed by atoms with Crippen LogP contribution in [0.1, 0.15) is 18.5 Å². The Morgan fingerprint density at radius 3 is 2.61 bits per heavy atom. The summed E-state index contributed by atoms with van der Waals surface area (Å²) in [4.78, 5) is 0. The predicted octanol–water partition coefficient (Wildman–Crippen LogP) is 2.65. The summed E-state index contributed by atoms with van der Waals surface area (Å²) in [5.41, 5.74) is 6.84. The van der Waals surface area contributed by atoms with Crippen molar-refractivity contribution in [2.45, 2.75) is 13.0 Å². The average Bonchev–Trinajstić information content (AvgIpc) is 2.38. The Balaban J connectivity index is 0.00000162. The summed E-state index contributed by atoms with van der Waals surface area (Å²) in [6.45, 7) is 2.43. The van der Waals surface area contributed by atoms with Gasteiger partial charge in [-0.3, -0.25) is 0 Å². The van der Waals surface area contributed by atoms with Gasteiger partial charge in [0.05, 0.1) is 19.3 Å². The summed E-state index contributed by atoms with van der Waals surface area (Å²) >= 11 is 0. The van der Waals surface area contributed by atoms with Crippen molar-refractivity contribution in [3.63, 3.8) is 0 Å². The third-order valence-corrected chi connectivity index (χ3v) is 2.80. The van der Waals surface area contributed by atoms with Crippen molar-refractivity contribution in [3.8, 4) is 5.75 Å². The predicted molar refractivity (Wildman–Crippen MR) is 76.4 cm³/mol. The topological polar surface area (TPSA) is 55.5 Å². The first-order valence-electron chi connectivity index (χ1n) is 5.78. The number of nitrogens with two attached hydrogens (primary N) is 1. The van der Waals surface area contributed by atoms with Crippen LogP contribution in [0.4, 0.5) is 0 Å². The highest BCUT2D eigenvalue weighted by atomic mass is 35.5. The molecule has 0 amide bonds. The first kappa shape index (κ1) is 14.8. The minimum Gasteiger partial charge on any atom is -0.494 e. The van der Waals surface area contributed by atoms with Gasteiger partial charge in [0.15, 0.2) is 0 Å². The number of aliphatic hydroxyl groups excluding tert-OH is 1. The smallest absolute Gasteiger partial charge is 0.124 e. The molecule has 2 aromatic carbocycles. The molecule has 0 aliphatic heterocycles. The molecule has 0 heterocycles. The molecule has 0 unspecified atom stereocenters. The Morgan fingerprint density at radius 2 is 1.94 bits per heavy atom. The number of hydrogen-bond donors (Lipinski definition) is 2. The number of fused-ring (bicyclic) bond motifs is 1. The molecule has 98 valence electrons. The number of hydrogen-bond acceptors (Lipinski definition) is 3. The molecule has 4 heteroatoms. The van der Waals surface area contributed by atoms with E-state index >= 15 is 0 Å². The van der Waals surface area contributed by atoms with Gasteiger partial charge in [-0.25, -0.2) is 0 Å². The average molecular weight is 268 g/mol. The molecule has 18 heavy (non-hydrogen) atoms. The first-order chi connectivity index (χ1) is 8.27. The van der Waals surface area contributed by atoms with Gasteiger partial charge in [0.25, 0.3) is 0 Å². The maximum Gasteiger partial charge on any atom is 0.124 e. The maximum absolute atomic E-state index is 9.26. The van der Waals surface area contributed by atoms with Gasteiger partial charge in [-0.2, -0.15) is 0 Å². The lowest BCUT2D eigenvalue weighted by atomic mass is 9.98. The van der Waals surface area contributed by atoms with Gasteiger partial charge in [0.2, 0.25) is 0 Å². The van der Waals surface area contributed by atoms with Crippen LogP contribution in [0.3, 0.4) is 0 Å². The van der Waals surface area contributed by atoms with Gasteiger partial charge in [-0.15, -0.1) is 12.4 Å². The largest absolute Gasteiger partial charge is 0.494 e. The minimum atomic E-state index is -0.414. The summed E-state index contributed by atoms with van der Waals surface area (Å²) in [5, 5.41) is 11.4. The fourth-order valence-corrected chi connectivity index (χ4v) is 2.03. The molecule has 0 saturated heterocycles. The molecule has 0 bridgehead atoms. The summed E-state index contributed by atoms with van der Waals surface area (Å²) in [6, 6.07) is 11.5. The van der Waals surface area contributed by atoms with Crippen molar-refractivity contribution in [2.75, 3.05) is 13.2 Å². The van der Waals surface area contributed by atoms with E-state index in [0.29, 0.717) is 6.61 Å². The summed E-state index contributed by atoms with van der Waals surface area (Å²) in [5.74, 6) is 0.757. The minimum absolute atomic E-state index is 0. The Bertz CT molecular complexity index is 516. The van der Waals surface area contributed by atoms with Gasteiger partial charge in [-0.1, -0.05) is 30.3 Å². The number of halogens is 1. The van der Waals surface area contributed by atoms with E-state index in [4.69, 9.17) is 10.5 Å². The molecular formula is C14H18ClNO2. The zero-order chi connectivity index (χ0) is 12.3. The lowest BCUT2D eigenvalue weighted by Gasteiger charge is -2.17. The van der Waals surface area contributed by atoms with Crippen LogP contribution in [-0.4, -0.2) is 18.3 Å². The second-order valence-electron chi connectivity index (χ2n) is 3.92. The SMILES string of the molecule is CCOc1ccc2ccccc2c1[C@H](N)CO.Cl. The second-order valence-corrected chi connectivity index (χ2v) is 3.92. The van der Waals surface area contributed by atoms with E-state index in [1.54, 1.807) is 0 Å². The van der Waals surface area contributed by atoms with Crippen molar-refractivity contribution in [1.82, 2.24) is 0 Å². The summed E-state index contributed by atoms with van der Waals surface area (Å²) in [6.07, 6.45) is 0. The Hall–Kier alpha value is -1.29. The van der Waals surface area contributed by atoms with Crippen molar-refractivity contribution < 1.29 is 9.84 Å². The maximum atomic E-state index is 9.26. The molecule has 2 aromatic rings. The lowest BCUT2D eigenvalue weighted by molar-refractivity contribution is 0.262. The van der Waals surface area contributed by atoms with Gasteiger partial charge in [-0.05, 0) is 23.8 Å². The molecule has 0 saturated carbocycles. The fraction of sp³-hybridized carbons (Fsp3) is 0.286. The van der Waals surface area contributed by atoms with Crippen LogP contribution < -0.4 is 10.5 Å². The number of ether oxygens (including phenoxy) is 1. The third kappa shape index (κ3) is 2.75. The van der Waals surface area contributed by atoms with Crippen molar-refractivity contribution in [2.24, 2.45) is 5.73 Å². The standard InChI is InChI=1S/C14H17NO2.ClH/c1-2-17-13-8-7-10-5-3-4-6-11(10)14(13)12(15)9-16;/h3-8,12,16H,2,9,15H2,1H3;1H/t12-;/m1./s1. The van der Waals surface area contributed by atoms with E-state index in [1.807, 2.05) is 43.3 Å². The van der Waals surface area contributed by atoms with Gasteiger partial charge in [0.1, 0.15) is 5.75 Å². The summed E-state index contributed by atoms with van der Waals surface area (Å²) in [7, 11) is 0.